The van der Waals surface area contributed by atoms with E-state index in [0.717, 1.165) is 17.9 Å². The van der Waals surface area contributed by atoms with Gasteiger partial charge in [0.15, 0.2) is 11.5 Å². The molecule has 1 heterocycles. The lowest BCUT2D eigenvalue weighted by Gasteiger charge is -2.27. The van der Waals surface area contributed by atoms with Gasteiger partial charge >= 0.3 is 0 Å². The number of hydrogen-bond acceptors (Lipinski definition) is 4. The average molecular weight is 277 g/mol. The molecule has 1 aromatic rings. The molecule has 0 spiro atoms. The summed E-state index contributed by atoms with van der Waals surface area (Å²) >= 11 is 0. The van der Waals surface area contributed by atoms with E-state index < -0.39 is 0 Å². The van der Waals surface area contributed by atoms with Gasteiger partial charge in [0.05, 0.1) is 0 Å². The normalized spacial score (nSPS) is 19.3. The van der Waals surface area contributed by atoms with Crippen LogP contribution in [-0.4, -0.2) is 29.9 Å². The molecule has 4 nitrogen and oxygen atoms in total. The van der Waals surface area contributed by atoms with Crippen LogP contribution in [0.4, 0.5) is 0 Å². The van der Waals surface area contributed by atoms with Gasteiger partial charge in [-0.1, -0.05) is 25.7 Å². The van der Waals surface area contributed by atoms with Crippen molar-refractivity contribution in [1.29, 1.82) is 0 Å². The Morgan fingerprint density at radius 1 is 1.10 bits per heavy atom. The number of fused-ring (bicyclic) bond motifs is 1. The fraction of sp³-hybridized carbons (Fsp3) is 0.625. The molecule has 1 N–H and O–H groups in total. The third-order valence-corrected chi connectivity index (χ3v) is 4.44. The molecule has 0 bridgehead atoms. The summed E-state index contributed by atoms with van der Waals surface area (Å²) in [5, 5.41) is 10.1. The van der Waals surface area contributed by atoms with Gasteiger partial charge in [0.25, 0.3) is 0 Å². The molecule has 110 valence electrons. The van der Waals surface area contributed by atoms with E-state index in [-0.39, 0.29) is 6.79 Å². The molecule has 1 aromatic carbocycles. The molecule has 3 rings (SSSR count). The third-order valence-electron chi connectivity index (χ3n) is 4.44. The molecule has 20 heavy (non-hydrogen) atoms. The first-order valence-corrected chi connectivity index (χ1v) is 7.56. The minimum atomic E-state index is 0.247. The summed E-state index contributed by atoms with van der Waals surface area (Å²) in [6, 6.07) is 4.20. The second-order valence-corrected chi connectivity index (χ2v) is 5.89. The number of benzene rings is 1. The molecule has 0 atom stereocenters. The highest BCUT2D eigenvalue weighted by Gasteiger charge is 2.21. The summed E-state index contributed by atoms with van der Waals surface area (Å²) in [7, 11) is 2.15. The number of rotatable bonds is 3. The molecule has 1 saturated carbocycles. The molecule has 1 fully saturated rings. The summed E-state index contributed by atoms with van der Waals surface area (Å²) in [6.45, 7) is 1.00. The summed E-state index contributed by atoms with van der Waals surface area (Å²) in [5.74, 6) is 1.69. The molecule has 1 aliphatic carbocycles. The highest BCUT2D eigenvalue weighted by Crippen LogP contribution is 2.38. The van der Waals surface area contributed by atoms with Crippen molar-refractivity contribution in [2.24, 2.45) is 0 Å². The van der Waals surface area contributed by atoms with Crippen molar-refractivity contribution in [1.82, 2.24) is 4.90 Å². The zero-order valence-corrected chi connectivity index (χ0v) is 12.1. The Hall–Kier alpha value is -1.42. The summed E-state index contributed by atoms with van der Waals surface area (Å²) in [4.78, 5) is 2.36. The van der Waals surface area contributed by atoms with Gasteiger partial charge in [0.2, 0.25) is 6.79 Å². The summed E-state index contributed by atoms with van der Waals surface area (Å²) in [5.41, 5.74) is 0.918. The van der Waals surface area contributed by atoms with E-state index in [9.17, 15) is 5.11 Å². The van der Waals surface area contributed by atoms with Crippen molar-refractivity contribution in [3.63, 3.8) is 0 Å². The number of nitrogens with zero attached hydrogens (tertiary/aromatic N) is 1. The van der Waals surface area contributed by atoms with Crippen LogP contribution in [0.2, 0.25) is 0 Å². The molecular weight excluding hydrogens is 254 g/mol. The number of phenols is 1. The Morgan fingerprint density at radius 3 is 2.45 bits per heavy atom. The first-order chi connectivity index (χ1) is 9.74. The van der Waals surface area contributed by atoms with E-state index in [0.29, 0.717) is 17.5 Å². The van der Waals surface area contributed by atoms with Crippen molar-refractivity contribution in [2.45, 2.75) is 51.1 Å². The largest absolute Gasteiger partial charge is 0.507 e. The van der Waals surface area contributed by atoms with Crippen LogP contribution in [0.25, 0.3) is 0 Å². The smallest absolute Gasteiger partial charge is 0.231 e. The van der Waals surface area contributed by atoms with Gasteiger partial charge in [-0.15, -0.1) is 0 Å². The molecule has 1 aliphatic heterocycles. The van der Waals surface area contributed by atoms with Crippen molar-refractivity contribution in [3.05, 3.63) is 17.7 Å². The van der Waals surface area contributed by atoms with Crippen LogP contribution in [0.1, 0.15) is 44.1 Å². The molecule has 0 aromatic heterocycles. The van der Waals surface area contributed by atoms with Crippen molar-refractivity contribution >= 4 is 0 Å². The Bertz CT molecular complexity index is 467. The Labute approximate surface area is 120 Å². The van der Waals surface area contributed by atoms with Crippen molar-refractivity contribution in [3.8, 4) is 17.2 Å². The van der Waals surface area contributed by atoms with Crippen LogP contribution in [0, 0.1) is 0 Å². The number of aromatic hydroxyl groups is 1. The maximum absolute atomic E-state index is 10.1. The van der Waals surface area contributed by atoms with Crippen LogP contribution in [0.15, 0.2) is 12.1 Å². The minimum absolute atomic E-state index is 0.247. The Kier molecular flexibility index (Phi) is 4.01. The van der Waals surface area contributed by atoms with E-state index in [2.05, 4.69) is 11.9 Å². The van der Waals surface area contributed by atoms with Gasteiger partial charge in [0, 0.05) is 24.2 Å². The first kappa shape index (κ1) is 13.6. The highest BCUT2D eigenvalue weighted by atomic mass is 16.7. The zero-order chi connectivity index (χ0) is 13.9. The predicted molar refractivity (Wildman–Crippen MR) is 77.2 cm³/mol. The van der Waals surface area contributed by atoms with Crippen LogP contribution >= 0.6 is 0 Å². The van der Waals surface area contributed by atoms with Gasteiger partial charge in [0.1, 0.15) is 5.75 Å². The van der Waals surface area contributed by atoms with E-state index in [1.807, 2.05) is 6.07 Å². The summed E-state index contributed by atoms with van der Waals surface area (Å²) in [6.07, 6.45) is 7.90. The van der Waals surface area contributed by atoms with E-state index in [1.165, 1.54) is 38.5 Å². The molecule has 0 radical (unpaired) electrons. The lowest BCUT2D eigenvalue weighted by atomic mass is 10.1. The maximum Gasteiger partial charge on any atom is 0.231 e. The zero-order valence-electron chi connectivity index (χ0n) is 12.1. The van der Waals surface area contributed by atoms with Crippen LogP contribution in [-0.2, 0) is 6.54 Å². The SMILES string of the molecule is CN(Cc1cc2c(cc1O)OCO2)C1CCCCCC1. The number of hydrogen-bond donors (Lipinski definition) is 1. The van der Waals surface area contributed by atoms with E-state index in [1.54, 1.807) is 6.07 Å². The first-order valence-electron chi connectivity index (χ1n) is 7.56. The Morgan fingerprint density at radius 2 is 1.75 bits per heavy atom. The quantitative estimate of drug-likeness (QED) is 0.861. The molecular formula is C16H23NO3. The maximum atomic E-state index is 10.1. The van der Waals surface area contributed by atoms with Gasteiger partial charge in [-0.25, -0.2) is 0 Å². The monoisotopic (exact) mass is 277 g/mol. The van der Waals surface area contributed by atoms with Crippen LogP contribution in [0.3, 0.4) is 0 Å². The van der Waals surface area contributed by atoms with Crippen LogP contribution < -0.4 is 9.47 Å². The van der Waals surface area contributed by atoms with Gasteiger partial charge < -0.3 is 14.6 Å². The molecule has 0 unspecified atom stereocenters. The lowest BCUT2D eigenvalue weighted by molar-refractivity contribution is 0.173. The Balaban J connectivity index is 1.70. The number of ether oxygens (including phenoxy) is 2. The fourth-order valence-electron chi connectivity index (χ4n) is 3.20. The average Bonchev–Trinajstić information content (AvgIpc) is 2.72. The predicted octanol–water partition coefficient (Wildman–Crippen LogP) is 3.28. The van der Waals surface area contributed by atoms with Crippen molar-refractivity contribution < 1.29 is 14.6 Å². The topological polar surface area (TPSA) is 41.9 Å². The van der Waals surface area contributed by atoms with Gasteiger partial charge in [-0.3, -0.25) is 4.90 Å². The second-order valence-electron chi connectivity index (χ2n) is 5.89. The minimum Gasteiger partial charge on any atom is -0.507 e. The summed E-state index contributed by atoms with van der Waals surface area (Å²) < 4.78 is 10.7. The standard InChI is InChI=1S/C16H23NO3/c1-17(13-6-4-2-3-5-7-13)10-12-8-15-16(9-14(12)18)20-11-19-15/h8-9,13,18H,2-7,10-11H2,1H3. The van der Waals surface area contributed by atoms with Gasteiger partial charge in [-0.05, 0) is 26.0 Å². The number of phenolic OH excluding ortho intramolecular Hbond substituents is 1. The molecule has 0 saturated heterocycles. The molecule has 2 aliphatic rings. The van der Waals surface area contributed by atoms with Crippen LogP contribution in [0.5, 0.6) is 17.2 Å². The van der Waals surface area contributed by atoms with Crippen molar-refractivity contribution in [2.75, 3.05) is 13.8 Å². The molecule has 0 amide bonds. The second kappa shape index (κ2) is 5.92. The van der Waals surface area contributed by atoms with E-state index in [4.69, 9.17) is 9.47 Å². The molecule has 4 heteroatoms. The van der Waals surface area contributed by atoms with E-state index >= 15 is 0 Å². The highest BCUT2D eigenvalue weighted by molar-refractivity contribution is 5.51. The van der Waals surface area contributed by atoms with Gasteiger partial charge in [-0.2, -0.15) is 0 Å². The lowest BCUT2D eigenvalue weighted by Crippen LogP contribution is -2.30. The third kappa shape index (κ3) is 2.85. The fourth-order valence-corrected chi connectivity index (χ4v) is 3.20.